The molecule has 4 heteroatoms. The van der Waals surface area contributed by atoms with Crippen molar-refractivity contribution >= 4 is 33.6 Å². The van der Waals surface area contributed by atoms with Gasteiger partial charge in [-0.05, 0) is 36.8 Å². The van der Waals surface area contributed by atoms with Crippen molar-refractivity contribution in [2.75, 3.05) is 11.9 Å². The zero-order valence-corrected chi connectivity index (χ0v) is 14.3. The standard InChI is InChI=1S/C16H22BrNOS/c1-2-5-12(8-9-17)11-18-16(19)15-10-13-6-3-4-7-14(13)20-15/h3-4,6-7,12,15H,2,5,8-11H2,1H3,(H,18,19). The lowest BCUT2D eigenvalue weighted by molar-refractivity contribution is -0.120. The molecule has 0 bridgehead atoms. The van der Waals surface area contributed by atoms with E-state index in [2.05, 4.69) is 40.3 Å². The number of hydrogen-bond acceptors (Lipinski definition) is 2. The van der Waals surface area contributed by atoms with Crippen LogP contribution >= 0.6 is 27.7 Å². The van der Waals surface area contributed by atoms with Gasteiger partial charge in [-0.25, -0.2) is 0 Å². The van der Waals surface area contributed by atoms with Crippen molar-refractivity contribution in [3.63, 3.8) is 0 Å². The van der Waals surface area contributed by atoms with E-state index < -0.39 is 0 Å². The average molecular weight is 356 g/mol. The number of benzene rings is 1. The Kier molecular flexibility index (Phi) is 6.43. The fourth-order valence-electron chi connectivity index (χ4n) is 2.60. The van der Waals surface area contributed by atoms with E-state index in [0.29, 0.717) is 5.92 Å². The highest BCUT2D eigenvalue weighted by atomic mass is 79.9. The molecule has 0 saturated carbocycles. The van der Waals surface area contributed by atoms with Gasteiger partial charge in [0.25, 0.3) is 0 Å². The molecule has 0 radical (unpaired) electrons. The highest BCUT2D eigenvalue weighted by molar-refractivity contribution is 9.09. The van der Waals surface area contributed by atoms with Crippen LogP contribution in [0.3, 0.4) is 0 Å². The first-order valence-electron chi connectivity index (χ1n) is 7.32. The van der Waals surface area contributed by atoms with Gasteiger partial charge in [0.15, 0.2) is 0 Å². The third-order valence-corrected chi connectivity index (χ3v) is 5.49. The van der Waals surface area contributed by atoms with E-state index in [4.69, 9.17) is 0 Å². The Balaban J connectivity index is 1.81. The fraction of sp³-hybridized carbons (Fsp3) is 0.562. The van der Waals surface area contributed by atoms with Crippen LogP contribution in [0.2, 0.25) is 0 Å². The predicted molar refractivity (Wildman–Crippen MR) is 89.6 cm³/mol. The number of fused-ring (bicyclic) bond motifs is 1. The molecule has 0 spiro atoms. The fourth-order valence-corrected chi connectivity index (χ4v) is 4.47. The van der Waals surface area contributed by atoms with Gasteiger partial charge in [0.1, 0.15) is 0 Å². The average Bonchev–Trinajstić information content (AvgIpc) is 2.89. The molecular formula is C16H22BrNOS. The van der Waals surface area contributed by atoms with E-state index >= 15 is 0 Å². The van der Waals surface area contributed by atoms with Crippen LogP contribution in [0.25, 0.3) is 0 Å². The maximum absolute atomic E-state index is 12.3. The summed E-state index contributed by atoms with van der Waals surface area (Å²) < 4.78 is 0. The van der Waals surface area contributed by atoms with Crippen LogP contribution in [0, 0.1) is 5.92 Å². The molecule has 0 fully saturated rings. The molecule has 0 aromatic heterocycles. The lowest BCUT2D eigenvalue weighted by Gasteiger charge is -2.17. The normalized spacial score (nSPS) is 18.6. The first-order chi connectivity index (χ1) is 9.74. The van der Waals surface area contributed by atoms with Gasteiger partial charge in [-0.1, -0.05) is 47.5 Å². The Morgan fingerprint density at radius 3 is 2.95 bits per heavy atom. The monoisotopic (exact) mass is 355 g/mol. The van der Waals surface area contributed by atoms with Crippen molar-refractivity contribution in [3.8, 4) is 0 Å². The summed E-state index contributed by atoms with van der Waals surface area (Å²) in [5.74, 6) is 0.791. The third kappa shape index (κ3) is 4.26. The summed E-state index contributed by atoms with van der Waals surface area (Å²) >= 11 is 5.20. The van der Waals surface area contributed by atoms with E-state index in [1.165, 1.54) is 23.3 Å². The van der Waals surface area contributed by atoms with Gasteiger partial charge in [-0.3, -0.25) is 4.79 Å². The van der Waals surface area contributed by atoms with Crippen molar-refractivity contribution in [3.05, 3.63) is 29.8 Å². The maximum atomic E-state index is 12.3. The Morgan fingerprint density at radius 2 is 2.25 bits per heavy atom. The number of alkyl halides is 1. The number of nitrogens with one attached hydrogen (secondary N) is 1. The zero-order valence-electron chi connectivity index (χ0n) is 11.9. The number of carbonyl (C=O) groups is 1. The summed E-state index contributed by atoms with van der Waals surface area (Å²) in [4.78, 5) is 13.5. The van der Waals surface area contributed by atoms with Crippen LogP contribution in [0.4, 0.5) is 0 Å². The summed E-state index contributed by atoms with van der Waals surface area (Å²) in [5, 5.41) is 4.21. The molecule has 2 unspecified atom stereocenters. The summed E-state index contributed by atoms with van der Waals surface area (Å²) in [7, 11) is 0. The Hall–Kier alpha value is -0.480. The second-order valence-corrected chi connectivity index (χ2v) is 7.33. The molecule has 1 aliphatic rings. The number of thioether (sulfide) groups is 1. The molecule has 1 amide bonds. The molecular weight excluding hydrogens is 334 g/mol. The second-order valence-electron chi connectivity index (χ2n) is 5.30. The van der Waals surface area contributed by atoms with Crippen LogP contribution in [0.15, 0.2) is 29.2 Å². The van der Waals surface area contributed by atoms with Gasteiger partial charge < -0.3 is 5.32 Å². The van der Waals surface area contributed by atoms with Crippen LogP contribution in [-0.4, -0.2) is 23.0 Å². The van der Waals surface area contributed by atoms with Gasteiger partial charge in [0.2, 0.25) is 5.91 Å². The molecule has 110 valence electrons. The number of rotatable bonds is 7. The molecule has 1 aromatic rings. The number of halogens is 1. The molecule has 2 rings (SSSR count). The topological polar surface area (TPSA) is 29.1 Å². The zero-order chi connectivity index (χ0) is 14.4. The number of carbonyl (C=O) groups excluding carboxylic acids is 1. The summed E-state index contributed by atoms with van der Waals surface area (Å²) in [6.07, 6.45) is 4.36. The molecule has 1 aromatic carbocycles. The Morgan fingerprint density at radius 1 is 1.45 bits per heavy atom. The van der Waals surface area contributed by atoms with Crippen molar-refractivity contribution in [1.82, 2.24) is 5.32 Å². The van der Waals surface area contributed by atoms with Gasteiger partial charge in [0.05, 0.1) is 5.25 Å². The van der Waals surface area contributed by atoms with Crippen LogP contribution in [0.5, 0.6) is 0 Å². The van der Waals surface area contributed by atoms with E-state index in [1.54, 1.807) is 11.8 Å². The lowest BCUT2D eigenvalue weighted by atomic mass is 10.0. The van der Waals surface area contributed by atoms with E-state index in [9.17, 15) is 4.79 Å². The van der Waals surface area contributed by atoms with Crippen molar-refractivity contribution in [2.45, 2.75) is 42.8 Å². The highest BCUT2D eigenvalue weighted by Gasteiger charge is 2.27. The van der Waals surface area contributed by atoms with Crippen molar-refractivity contribution in [1.29, 1.82) is 0 Å². The van der Waals surface area contributed by atoms with Gasteiger partial charge in [-0.15, -0.1) is 11.8 Å². The van der Waals surface area contributed by atoms with Crippen molar-refractivity contribution < 1.29 is 4.79 Å². The molecule has 1 aliphatic heterocycles. The molecule has 1 N–H and O–H groups in total. The molecule has 0 saturated heterocycles. The quantitative estimate of drug-likeness (QED) is 0.748. The van der Waals surface area contributed by atoms with Gasteiger partial charge in [0, 0.05) is 16.8 Å². The maximum Gasteiger partial charge on any atom is 0.233 e. The summed E-state index contributed by atoms with van der Waals surface area (Å²) in [5.41, 5.74) is 1.31. The SMILES string of the molecule is CCCC(CCBr)CNC(=O)C1Cc2ccccc2S1. The lowest BCUT2D eigenvalue weighted by Crippen LogP contribution is -2.36. The predicted octanol–water partition coefficient (Wildman–Crippen LogP) is 4.02. The van der Waals surface area contributed by atoms with Crippen LogP contribution < -0.4 is 5.32 Å². The van der Waals surface area contributed by atoms with E-state index in [1.807, 2.05) is 12.1 Å². The van der Waals surface area contributed by atoms with Gasteiger partial charge in [-0.2, -0.15) is 0 Å². The molecule has 1 heterocycles. The molecule has 20 heavy (non-hydrogen) atoms. The molecule has 2 atom stereocenters. The minimum Gasteiger partial charge on any atom is -0.355 e. The second kappa shape index (κ2) is 8.08. The smallest absolute Gasteiger partial charge is 0.233 e. The summed E-state index contributed by atoms with van der Waals surface area (Å²) in [6.45, 7) is 3.01. The number of hydrogen-bond donors (Lipinski definition) is 1. The number of amides is 1. The van der Waals surface area contributed by atoms with E-state index in [-0.39, 0.29) is 11.2 Å². The first kappa shape index (κ1) is 15.9. The summed E-state index contributed by atoms with van der Waals surface area (Å²) in [6, 6.07) is 8.32. The van der Waals surface area contributed by atoms with Crippen LogP contribution in [0.1, 0.15) is 31.7 Å². The van der Waals surface area contributed by atoms with E-state index in [0.717, 1.165) is 24.7 Å². The highest BCUT2D eigenvalue weighted by Crippen LogP contribution is 2.36. The minimum absolute atomic E-state index is 0.0543. The van der Waals surface area contributed by atoms with Gasteiger partial charge >= 0.3 is 0 Å². The van der Waals surface area contributed by atoms with Crippen molar-refractivity contribution in [2.24, 2.45) is 5.92 Å². The molecule has 2 nitrogen and oxygen atoms in total. The van der Waals surface area contributed by atoms with Crippen LogP contribution in [-0.2, 0) is 11.2 Å². The minimum atomic E-state index is 0.0543. The Labute approximate surface area is 134 Å². The first-order valence-corrected chi connectivity index (χ1v) is 9.33. The Bertz CT molecular complexity index is 421. The largest absolute Gasteiger partial charge is 0.355 e. The molecule has 0 aliphatic carbocycles. The third-order valence-electron chi connectivity index (χ3n) is 3.72.